The number of rotatable bonds is 5. The zero-order chi connectivity index (χ0) is 14.6. The van der Waals surface area contributed by atoms with Gasteiger partial charge < -0.3 is 10.6 Å². The summed E-state index contributed by atoms with van der Waals surface area (Å²) < 4.78 is 38.3. The van der Waals surface area contributed by atoms with E-state index in [1.807, 2.05) is 16.8 Å². The van der Waals surface area contributed by atoms with E-state index in [0.29, 0.717) is 13.1 Å². The highest BCUT2D eigenvalue weighted by atomic mass is 32.1. The van der Waals surface area contributed by atoms with Crippen LogP contribution in [0.15, 0.2) is 22.9 Å². The van der Waals surface area contributed by atoms with E-state index in [1.165, 1.54) is 11.3 Å². The van der Waals surface area contributed by atoms with Crippen LogP contribution in [-0.2, 0) is 12.7 Å². The Balaban J connectivity index is 2.20. The van der Waals surface area contributed by atoms with Gasteiger partial charge in [0.25, 0.3) is 0 Å². The number of nitrogens with one attached hydrogen (secondary N) is 2. The van der Waals surface area contributed by atoms with Crippen molar-refractivity contribution in [3.05, 3.63) is 34.2 Å². The minimum Gasteiger partial charge on any atom is -0.366 e. The van der Waals surface area contributed by atoms with Crippen molar-refractivity contribution in [1.29, 1.82) is 0 Å². The maximum atomic E-state index is 12.8. The summed E-state index contributed by atoms with van der Waals surface area (Å²) in [6.07, 6.45) is -4.49. The Morgan fingerprint density at radius 3 is 2.65 bits per heavy atom. The lowest BCUT2D eigenvalue weighted by molar-refractivity contribution is -0.141. The second kappa shape index (κ2) is 6.08. The number of halogens is 3. The molecule has 0 atom stereocenters. The average molecular weight is 302 g/mol. The van der Waals surface area contributed by atoms with Gasteiger partial charge in [-0.3, -0.25) is 0 Å². The number of hydrogen-bond acceptors (Lipinski definition) is 5. The molecule has 0 aliphatic carbocycles. The molecule has 2 heterocycles. The third kappa shape index (κ3) is 3.83. The standard InChI is InChI=1S/C12H13F3N4S/c1-2-16-11-18-9(12(13,14)15)5-10(19-11)17-6-8-3-4-20-7-8/h3-5,7H,2,6H2,1H3,(H2,16,17,18,19). The van der Waals surface area contributed by atoms with E-state index in [2.05, 4.69) is 20.6 Å². The normalized spacial score (nSPS) is 11.4. The summed E-state index contributed by atoms with van der Waals surface area (Å²) in [5.74, 6) is 0.115. The summed E-state index contributed by atoms with van der Waals surface area (Å²) in [5, 5.41) is 9.39. The molecule has 0 radical (unpaired) electrons. The van der Waals surface area contributed by atoms with Gasteiger partial charge in [0.2, 0.25) is 5.95 Å². The van der Waals surface area contributed by atoms with Gasteiger partial charge in [0.15, 0.2) is 5.69 Å². The van der Waals surface area contributed by atoms with E-state index in [4.69, 9.17) is 0 Å². The molecular formula is C12H13F3N4S. The van der Waals surface area contributed by atoms with Crippen LogP contribution in [0.3, 0.4) is 0 Å². The minimum absolute atomic E-state index is 0.0323. The second-order valence-electron chi connectivity index (χ2n) is 3.98. The Hall–Kier alpha value is -1.83. The fraction of sp³-hybridized carbons (Fsp3) is 0.333. The van der Waals surface area contributed by atoms with Crippen LogP contribution in [0.25, 0.3) is 0 Å². The van der Waals surface area contributed by atoms with E-state index in [0.717, 1.165) is 11.6 Å². The summed E-state index contributed by atoms with van der Waals surface area (Å²) in [5.41, 5.74) is 0.0310. The molecule has 0 fully saturated rings. The fourth-order valence-electron chi connectivity index (χ4n) is 1.51. The second-order valence-corrected chi connectivity index (χ2v) is 4.76. The topological polar surface area (TPSA) is 49.8 Å². The van der Waals surface area contributed by atoms with E-state index in [9.17, 15) is 13.2 Å². The van der Waals surface area contributed by atoms with Crippen LogP contribution in [0.2, 0.25) is 0 Å². The van der Waals surface area contributed by atoms with Gasteiger partial charge in [-0.2, -0.15) is 29.5 Å². The third-order valence-electron chi connectivity index (χ3n) is 2.41. The van der Waals surface area contributed by atoms with Gasteiger partial charge >= 0.3 is 6.18 Å². The summed E-state index contributed by atoms with van der Waals surface area (Å²) in [6.45, 7) is 2.64. The maximum absolute atomic E-state index is 12.8. The predicted molar refractivity (Wildman–Crippen MR) is 72.8 cm³/mol. The molecular weight excluding hydrogens is 289 g/mol. The van der Waals surface area contributed by atoms with E-state index in [-0.39, 0.29) is 11.8 Å². The Bertz CT molecular complexity index is 554. The fourth-order valence-corrected chi connectivity index (χ4v) is 2.17. The van der Waals surface area contributed by atoms with Crippen LogP contribution < -0.4 is 10.6 Å². The molecule has 0 aliphatic rings. The van der Waals surface area contributed by atoms with E-state index < -0.39 is 11.9 Å². The molecule has 0 unspecified atom stereocenters. The van der Waals surface area contributed by atoms with Crippen LogP contribution in [0, 0.1) is 0 Å². The monoisotopic (exact) mass is 302 g/mol. The first-order valence-corrected chi connectivity index (χ1v) is 6.88. The molecule has 0 spiro atoms. The van der Waals surface area contributed by atoms with Crippen LogP contribution >= 0.6 is 11.3 Å². The van der Waals surface area contributed by atoms with Crippen molar-refractivity contribution in [3.63, 3.8) is 0 Å². The van der Waals surface area contributed by atoms with Gasteiger partial charge in [-0.15, -0.1) is 0 Å². The molecule has 0 saturated heterocycles. The number of thiophene rings is 1. The first-order valence-electron chi connectivity index (χ1n) is 5.94. The van der Waals surface area contributed by atoms with Crippen molar-refractivity contribution in [2.24, 2.45) is 0 Å². The van der Waals surface area contributed by atoms with Crippen molar-refractivity contribution >= 4 is 23.1 Å². The highest BCUT2D eigenvalue weighted by Crippen LogP contribution is 2.29. The molecule has 108 valence electrons. The Labute approximate surface area is 118 Å². The van der Waals surface area contributed by atoms with Crippen molar-refractivity contribution in [1.82, 2.24) is 9.97 Å². The van der Waals surface area contributed by atoms with Crippen LogP contribution in [0.1, 0.15) is 18.2 Å². The van der Waals surface area contributed by atoms with Gasteiger partial charge in [-0.25, -0.2) is 4.98 Å². The zero-order valence-electron chi connectivity index (χ0n) is 10.7. The Morgan fingerprint density at radius 1 is 1.25 bits per heavy atom. The van der Waals surface area contributed by atoms with Gasteiger partial charge in [-0.1, -0.05) is 0 Å². The summed E-state index contributed by atoms with van der Waals surface area (Å²) >= 11 is 1.53. The molecule has 2 aromatic rings. The van der Waals surface area contributed by atoms with E-state index >= 15 is 0 Å². The van der Waals surface area contributed by atoms with Gasteiger partial charge in [0, 0.05) is 19.2 Å². The van der Waals surface area contributed by atoms with Gasteiger partial charge in [0.1, 0.15) is 5.82 Å². The van der Waals surface area contributed by atoms with Gasteiger partial charge in [-0.05, 0) is 29.3 Å². The highest BCUT2D eigenvalue weighted by molar-refractivity contribution is 7.07. The van der Waals surface area contributed by atoms with Gasteiger partial charge in [0.05, 0.1) is 0 Å². The molecule has 0 bridgehead atoms. The largest absolute Gasteiger partial charge is 0.433 e. The van der Waals surface area contributed by atoms with Crippen molar-refractivity contribution in [2.75, 3.05) is 17.2 Å². The smallest absolute Gasteiger partial charge is 0.366 e. The van der Waals surface area contributed by atoms with Crippen molar-refractivity contribution < 1.29 is 13.2 Å². The third-order valence-corrected chi connectivity index (χ3v) is 3.14. The lowest BCUT2D eigenvalue weighted by Crippen LogP contribution is -2.14. The molecule has 2 N–H and O–H groups in total. The average Bonchev–Trinajstić information content (AvgIpc) is 2.88. The van der Waals surface area contributed by atoms with Crippen molar-refractivity contribution in [3.8, 4) is 0 Å². The molecule has 8 heteroatoms. The summed E-state index contributed by atoms with van der Waals surface area (Å²) in [6, 6.07) is 2.81. The number of aromatic nitrogens is 2. The number of hydrogen-bond donors (Lipinski definition) is 2. The summed E-state index contributed by atoms with van der Waals surface area (Å²) in [7, 11) is 0. The first-order chi connectivity index (χ1) is 9.49. The lowest BCUT2D eigenvalue weighted by atomic mass is 10.3. The van der Waals surface area contributed by atoms with Crippen molar-refractivity contribution in [2.45, 2.75) is 19.6 Å². The van der Waals surface area contributed by atoms with Crippen LogP contribution in [-0.4, -0.2) is 16.5 Å². The highest BCUT2D eigenvalue weighted by Gasteiger charge is 2.33. The molecule has 0 aromatic carbocycles. The number of alkyl halides is 3. The molecule has 0 amide bonds. The number of anilines is 2. The molecule has 2 rings (SSSR count). The summed E-state index contributed by atoms with van der Waals surface area (Å²) in [4.78, 5) is 7.46. The first kappa shape index (κ1) is 14.6. The quantitative estimate of drug-likeness (QED) is 0.886. The maximum Gasteiger partial charge on any atom is 0.433 e. The molecule has 4 nitrogen and oxygen atoms in total. The molecule has 20 heavy (non-hydrogen) atoms. The Morgan fingerprint density at radius 2 is 2.05 bits per heavy atom. The lowest BCUT2D eigenvalue weighted by Gasteiger charge is -2.11. The molecule has 2 aromatic heterocycles. The molecule has 0 aliphatic heterocycles. The minimum atomic E-state index is -4.49. The van der Waals surface area contributed by atoms with Crippen LogP contribution in [0.4, 0.5) is 24.9 Å². The zero-order valence-corrected chi connectivity index (χ0v) is 11.5. The SMILES string of the molecule is CCNc1nc(NCc2ccsc2)cc(C(F)(F)F)n1. The Kier molecular flexibility index (Phi) is 4.43. The van der Waals surface area contributed by atoms with Crippen LogP contribution in [0.5, 0.6) is 0 Å². The van der Waals surface area contributed by atoms with E-state index in [1.54, 1.807) is 6.92 Å². The molecule has 0 saturated carbocycles. The number of nitrogens with zero attached hydrogens (tertiary/aromatic N) is 2. The predicted octanol–water partition coefficient (Wildman–Crippen LogP) is 3.60.